The molecule has 1 heterocycles. The lowest BCUT2D eigenvalue weighted by atomic mass is 9.95. The van der Waals surface area contributed by atoms with Crippen molar-refractivity contribution in [2.45, 2.75) is 33.4 Å². The van der Waals surface area contributed by atoms with E-state index < -0.39 is 17.7 Å². The summed E-state index contributed by atoms with van der Waals surface area (Å²) in [6.07, 6.45) is 2.12. The summed E-state index contributed by atoms with van der Waals surface area (Å²) in [6.45, 7) is 4.67. The smallest absolute Gasteiger partial charge is 0.255 e. The van der Waals surface area contributed by atoms with Crippen molar-refractivity contribution in [2.75, 3.05) is 5.32 Å². The number of hydrogen-bond donors (Lipinski definition) is 4. The van der Waals surface area contributed by atoms with Crippen LogP contribution in [-0.4, -0.2) is 32.0 Å². The fraction of sp³-hybridized carbons (Fsp3) is 0.412. The number of carbonyl (C=O) groups is 2. The van der Waals surface area contributed by atoms with Crippen LogP contribution in [0.2, 0.25) is 0 Å². The van der Waals surface area contributed by atoms with E-state index in [1.807, 2.05) is 26.0 Å². The average Bonchev–Trinajstić information content (AvgIpc) is 3.08. The second kappa shape index (κ2) is 9.07. The van der Waals surface area contributed by atoms with Crippen LogP contribution in [0.4, 0.5) is 5.69 Å². The Morgan fingerprint density at radius 1 is 1.23 bits per heavy atom. The maximum atomic E-state index is 12.3. The first kappa shape index (κ1) is 19.5. The number of rotatable bonds is 8. The molecule has 0 radical (unpaired) electrons. The van der Waals surface area contributed by atoms with Gasteiger partial charge in [0.25, 0.3) is 5.91 Å². The summed E-state index contributed by atoms with van der Waals surface area (Å²) in [5.74, 6) is -1.99. The molecule has 9 nitrogen and oxygen atoms in total. The van der Waals surface area contributed by atoms with E-state index in [1.165, 1.54) is 0 Å². The van der Waals surface area contributed by atoms with Crippen molar-refractivity contribution < 1.29 is 14.8 Å². The first-order valence-corrected chi connectivity index (χ1v) is 8.35. The quantitative estimate of drug-likeness (QED) is 0.314. The normalized spacial score (nSPS) is 12.0. The molecule has 1 aromatic heterocycles. The molecular formula is C17H24N6O3. The molecule has 0 fully saturated rings. The third-order valence-electron chi connectivity index (χ3n) is 3.81. The van der Waals surface area contributed by atoms with Gasteiger partial charge < -0.3 is 11.1 Å². The van der Waals surface area contributed by atoms with Crippen LogP contribution in [0.1, 0.15) is 31.5 Å². The molecule has 140 valence electrons. The van der Waals surface area contributed by atoms with Gasteiger partial charge in [0.15, 0.2) is 0 Å². The van der Waals surface area contributed by atoms with E-state index in [2.05, 4.69) is 15.6 Å². The number of nitrogens with two attached hydrogens (primary N) is 1. The molecular weight excluding hydrogens is 336 g/mol. The summed E-state index contributed by atoms with van der Waals surface area (Å²) < 4.78 is 1.68. The third kappa shape index (κ3) is 5.36. The minimum atomic E-state index is -0.954. The van der Waals surface area contributed by atoms with E-state index >= 15 is 0 Å². The maximum absolute atomic E-state index is 12.3. The zero-order chi connectivity index (χ0) is 19.1. The Morgan fingerprint density at radius 2 is 1.92 bits per heavy atom. The van der Waals surface area contributed by atoms with Crippen molar-refractivity contribution in [3.05, 3.63) is 41.7 Å². The van der Waals surface area contributed by atoms with Crippen LogP contribution in [0.3, 0.4) is 0 Å². The van der Waals surface area contributed by atoms with E-state index in [1.54, 1.807) is 28.5 Å². The number of nitrogens with one attached hydrogen (secondary N) is 2. The minimum Gasteiger partial charge on any atom is -0.325 e. The largest absolute Gasteiger partial charge is 0.325 e. The Hall–Kier alpha value is -2.78. The fourth-order valence-electron chi connectivity index (χ4n) is 2.50. The SMILES string of the molecule is CC(C)CC(C(=O)NO)C(=O)Nc1ccc(Cn2cc(CN)nn2)cc1. The summed E-state index contributed by atoms with van der Waals surface area (Å²) in [7, 11) is 0. The van der Waals surface area contributed by atoms with Gasteiger partial charge >= 0.3 is 0 Å². The second-order valence-electron chi connectivity index (χ2n) is 6.46. The van der Waals surface area contributed by atoms with Crippen LogP contribution in [0, 0.1) is 11.8 Å². The predicted molar refractivity (Wildman–Crippen MR) is 95.0 cm³/mol. The molecule has 0 aliphatic rings. The van der Waals surface area contributed by atoms with Gasteiger partial charge in [-0.05, 0) is 30.0 Å². The van der Waals surface area contributed by atoms with Gasteiger partial charge in [0.2, 0.25) is 5.91 Å². The summed E-state index contributed by atoms with van der Waals surface area (Å²) >= 11 is 0. The molecule has 26 heavy (non-hydrogen) atoms. The van der Waals surface area contributed by atoms with Crippen LogP contribution in [0.5, 0.6) is 0 Å². The average molecular weight is 360 g/mol. The van der Waals surface area contributed by atoms with Gasteiger partial charge in [-0.3, -0.25) is 14.8 Å². The molecule has 2 aromatic rings. The highest BCUT2D eigenvalue weighted by Gasteiger charge is 2.27. The van der Waals surface area contributed by atoms with Crippen LogP contribution < -0.4 is 16.5 Å². The first-order chi connectivity index (χ1) is 12.4. The number of aromatic nitrogens is 3. The predicted octanol–water partition coefficient (Wildman–Crippen LogP) is 0.891. The topological polar surface area (TPSA) is 135 Å². The van der Waals surface area contributed by atoms with Gasteiger partial charge in [0.1, 0.15) is 5.92 Å². The Labute approximate surface area is 151 Å². The van der Waals surface area contributed by atoms with Crippen LogP contribution in [0.15, 0.2) is 30.5 Å². The lowest BCUT2D eigenvalue weighted by Crippen LogP contribution is -2.37. The van der Waals surface area contributed by atoms with Crippen molar-refractivity contribution in [3.8, 4) is 0 Å². The van der Waals surface area contributed by atoms with Gasteiger partial charge in [-0.2, -0.15) is 0 Å². The lowest BCUT2D eigenvalue weighted by molar-refractivity contribution is -0.139. The summed E-state index contributed by atoms with van der Waals surface area (Å²) in [5, 5.41) is 19.4. The molecule has 0 saturated carbocycles. The Balaban J connectivity index is 2.00. The van der Waals surface area contributed by atoms with Gasteiger partial charge in [-0.25, -0.2) is 10.2 Å². The van der Waals surface area contributed by atoms with Gasteiger partial charge in [-0.15, -0.1) is 5.10 Å². The number of benzene rings is 1. The molecule has 1 aromatic carbocycles. The number of hydrogen-bond acceptors (Lipinski definition) is 6. The van der Waals surface area contributed by atoms with Gasteiger partial charge in [-0.1, -0.05) is 31.2 Å². The summed E-state index contributed by atoms with van der Waals surface area (Å²) in [4.78, 5) is 24.1. The van der Waals surface area contributed by atoms with Crippen LogP contribution >= 0.6 is 0 Å². The minimum absolute atomic E-state index is 0.131. The summed E-state index contributed by atoms with van der Waals surface area (Å²) in [6, 6.07) is 7.19. The van der Waals surface area contributed by atoms with E-state index in [0.29, 0.717) is 30.9 Å². The standard InChI is InChI=1S/C17H24N6O3/c1-11(2)7-15(17(25)21-26)16(24)19-13-5-3-12(4-6-13)9-23-10-14(8-18)20-22-23/h3-6,10-11,15,26H,7-9,18H2,1-2H3,(H,19,24)(H,21,25). The monoisotopic (exact) mass is 360 g/mol. The number of hydroxylamine groups is 1. The zero-order valence-corrected chi connectivity index (χ0v) is 14.8. The van der Waals surface area contributed by atoms with E-state index in [0.717, 1.165) is 5.56 Å². The molecule has 0 bridgehead atoms. The molecule has 0 aliphatic carbocycles. The fourth-order valence-corrected chi connectivity index (χ4v) is 2.50. The van der Waals surface area contributed by atoms with E-state index in [9.17, 15) is 9.59 Å². The van der Waals surface area contributed by atoms with Crippen LogP contribution in [-0.2, 0) is 22.7 Å². The van der Waals surface area contributed by atoms with Crippen molar-refractivity contribution in [2.24, 2.45) is 17.6 Å². The Bertz CT molecular complexity index is 741. The molecule has 0 saturated heterocycles. The lowest BCUT2D eigenvalue weighted by Gasteiger charge is -2.17. The molecule has 2 rings (SSSR count). The Kier molecular flexibility index (Phi) is 6.81. The van der Waals surface area contributed by atoms with Gasteiger partial charge in [0, 0.05) is 12.2 Å². The molecule has 5 N–H and O–H groups in total. The molecule has 2 amide bonds. The summed E-state index contributed by atoms with van der Waals surface area (Å²) in [5.41, 5.74) is 9.32. The van der Waals surface area contributed by atoms with Crippen molar-refractivity contribution in [1.29, 1.82) is 0 Å². The van der Waals surface area contributed by atoms with Crippen molar-refractivity contribution in [3.63, 3.8) is 0 Å². The molecule has 9 heteroatoms. The second-order valence-corrected chi connectivity index (χ2v) is 6.46. The number of nitrogens with zero attached hydrogens (tertiary/aromatic N) is 3. The molecule has 0 spiro atoms. The Morgan fingerprint density at radius 3 is 2.46 bits per heavy atom. The first-order valence-electron chi connectivity index (χ1n) is 8.35. The number of carbonyl (C=O) groups excluding carboxylic acids is 2. The highest BCUT2D eigenvalue weighted by atomic mass is 16.5. The van der Waals surface area contributed by atoms with E-state index in [-0.39, 0.29) is 5.92 Å². The van der Waals surface area contributed by atoms with Crippen LogP contribution in [0.25, 0.3) is 0 Å². The number of amides is 2. The molecule has 1 unspecified atom stereocenters. The third-order valence-corrected chi connectivity index (χ3v) is 3.81. The number of anilines is 1. The van der Waals surface area contributed by atoms with Crippen molar-refractivity contribution >= 4 is 17.5 Å². The van der Waals surface area contributed by atoms with Gasteiger partial charge in [0.05, 0.1) is 18.4 Å². The zero-order valence-electron chi connectivity index (χ0n) is 14.8. The van der Waals surface area contributed by atoms with E-state index in [4.69, 9.17) is 10.9 Å². The molecule has 1 atom stereocenters. The highest BCUT2D eigenvalue weighted by molar-refractivity contribution is 6.06. The molecule has 0 aliphatic heterocycles. The van der Waals surface area contributed by atoms with Crippen molar-refractivity contribution in [1.82, 2.24) is 20.5 Å². The highest BCUT2D eigenvalue weighted by Crippen LogP contribution is 2.16. The maximum Gasteiger partial charge on any atom is 0.255 e.